The zero-order chi connectivity index (χ0) is 10.1. The lowest BCUT2D eigenvalue weighted by Gasteiger charge is -2.26. The molecule has 0 aromatic heterocycles. The molecule has 1 rings (SSSR count). The highest BCUT2D eigenvalue weighted by Gasteiger charge is 2.40. The molecule has 1 saturated heterocycles. The summed E-state index contributed by atoms with van der Waals surface area (Å²) in [5.41, 5.74) is 5.26. The van der Waals surface area contributed by atoms with Crippen molar-refractivity contribution in [3.63, 3.8) is 0 Å². The molecule has 3 heteroatoms. The van der Waals surface area contributed by atoms with Crippen molar-refractivity contribution in [2.45, 2.75) is 32.7 Å². The van der Waals surface area contributed by atoms with Crippen molar-refractivity contribution in [3.05, 3.63) is 0 Å². The van der Waals surface area contributed by atoms with Crippen molar-refractivity contribution in [3.8, 4) is 0 Å². The summed E-state index contributed by atoms with van der Waals surface area (Å²) in [5, 5.41) is 0. The Bertz CT molecular complexity index is 195. The second kappa shape index (κ2) is 3.76. The predicted molar refractivity (Wildman–Crippen MR) is 51.4 cm³/mol. The summed E-state index contributed by atoms with van der Waals surface area (Å²) in [4.78, 5) is 11.9. The molecule has 0 aromatic rings. The van der Waals surface area contributed by atoms with Gasteiger partial charge in [0.2, 0.25) is 0 Å². The van der Waals surface area contributed by atoms with E-state index < -0.39 is 5.54 Å². The van der Waals surface area contributed by atoms with Gasteiger partial charge < -0.3 is 10.5 Å². The Hall–Kier alpha value is -0.410. The first-order valence-electron chi connectivity index (χ1n) is 4.88. The van der Waals surface area contributed by atoms with E-state index in [1.54, 1.807) is 0 Å². The minimum absolute atomic E-state index is 0.0340. The fraction of sp³-hybridized carbons (Fsp3) is 0.900. The molecule has 0 aromatic carbocycles. The topological polar surface area (TPSA) is 52.3 Å². The lowest BCUT2D eigenvalue weighted by molar-refractivity contribution is -0.128. The predicted octanol–water partition coefficient (Wildman–Crippen LogP) is 0.965. The molecular weight excluding hydrogens is 166 g/mol. The minimum atomic E-state index is -0.705. The summed E-state index contributed by atoms with van der Waals surface area (Å²) in [6, 6.07) is 0. The number of ether oxygens (including phenoxy) is 1. The Balaban J connectivity index is 2.65. The standard InChI is InChI=1S/C10H19NO2/c1-7(2)8(3)9(12)10(11)4-5-13-6-10/h7-8H,4-6,11H2,1-3H3. The van der Waals surface area contributed by atoms with Crippen molar-refractivity contribution in [1.82, 2.24) is 0 Å². The Morgan fingerprint density at radius 3 is 2.46 bits per heavy atom. The number of carbonyl (C=O) groups is 1. The van der Waals surface area contributed by atoms with E-state index in [9.17, 15) is 4.79 Å². The van der Waals surface area contributed by atoms with Crippen molar-refractivity contribution in [2.24, 2.45) is 17.6 Å². The number of hydrogen-bond acceptors (Lipinski definition) is 3. The van der Waals surface area contributed by atoms with Crippen LogP contribution in [-0.2, 0) is 9.53 Å². The lowest BCUT2D eigenvalue weighted by Crippen LogP contribution is -2.51. The maximum Gasteiger partial charge on any atom is 0.158 e. The van der Waals surface area contributed by atoms with Gasteiger partial charge in [-0.25, -0.2) is 0 Å². The molecule has 0 saturated carbocycles. The van der Waals surface area contributed by atoms with Crippen LogP contribution < -0.4 is 5.73 Å². The van der Waals surface area contributed by atoms with Gasteiger partial charge in [-0.2, -0.15) is 0 Å². The van der Waals surface area contributed by atoms with Crippen molar-refractivity contribution >= 4 is 5.78 Å². The lowest BCUT2D eigenvalue weighted by atomic mass is 9.81. The second-order valence-corrected chi connectivity index (χ2v) is 4.36. The van der Waals surface area contributed by atoms with Crippen LogP contribution in [0.25, 0.3) is 0 Å². The second-order valence-electron chi connectivity index (χ2n) is 4.36. The van der Waals surface area contributed by atoms with E-state index in [1.807, 2.05) is 20.8 Å². The highest BCUT2D eigenvalue weighted by molar-refractivity contribution is 5.90. The van der Waals surface area contributed by atoms with Gasteiger partial charge in [-0.05, 0) is 12.3 Å². The van der Waals surface area contributed by atoms with Gasteiger partial charge in [-0.15, -0.1) is 0 Å². The fourth-order valence-corrected chi connectivity index (χ4v) is 1.53. The molecule has 0 spiro atoms. The van der Waals surface area contributed by atoms with Crippen LogP contribution in [0.5, 0.6) is 0 Å². The van der Waals surface area contributed by atoms with Gasteiger partial charge in [0.1, 0.15) is 5.54 Å². The summed E-state index contributed by atoms with van der Waals surface area (Å²) in [6.07, 6.45) is 0.670. The third kappa shape index (κ3) is 2.09. The monoisotopic (exact) mass is 185 g/mol. The molecule has 13 heavy (non-hydrogen) atoms. The van der Waals surface area contributed by atoms with E-state index in [1.165, 1.54) is 0 Å². The highest BCUT2D eigenvalue weighted by atomic mass is 16.5. The van der Waals surface area contributed by atoms with E-state index in [0.29, 0.717) is 25.6 Å². The SMILES string of the molecule is CC(C)C(C)C(=O)C1(N)CCOC1. The van der Waals surface area contributed by atoms with Crippen LogP contribution in [-0.4, -0.2) is 24.5 Å². The molecule has 1 fully saturated rings. The average molecular weight is 185 g/mol. The van der Waals surface area contributed by atoms with Crippen LogP contribution in [0.1, 0.15) is 27.2 Å². The van der Waals surface area contributed by atoms with Crippen LogP contribution in [0, 0.1) is 11.8 Å². The van der Waals surface area contributed by atoms with Gasteiger partial charge in [0.25, 0.3) is 0 Å². The Kier molecular flexibility index (Phi) is 3.09. The van der Waals surface area contributed by atoms with Gasteiger partial charge >= 0.3 is 0 Å². The third-order valence-electron chi connectivity index (χ3n) is 2.96. The van der Waals surface area contributed by atoms with Crippen molar-refractivity contribution in [2.75, 3.05) is 13.2 Å². The zero-order valence-corrected chi connectivity index (χ0v) is 8.67. The molecule has 1 aliphatic heterocycles. The van der Waals surface area contributed by atoms with E-state index >= 15 is 0 Å². The Morgan fingerprint density at radius 2 is 2.08 bits per heavy atom. The molecule has 2 atom stereocenters. The molecule has 0 aliphatic carbocycles. The molecule has 0 bridgehead atoms. The zero-order valence-electron chi connectivity index (χ0n) is 8.67. The summed E-state index contributed by atoms with van der Waals surface area (Å²) in [7, 11) is 0. The summed E-state index contributed by atoms with van der Waals surface area (Å²) in [5.74, 6) is 0.542. The summed E-state index contributed by atoms with van der Waals surface area (Å²) < 4.78 is 5.17. The molecule has 1 aliphatic rings. The van der Waals surface area contributed by atoms with Crippen LogP contribution in [0.15, 0.2) is 0 Å². The molecular formula is C10H19NO2. The first kappa shape index (κ1) is 10.7. The summed E-state index contributed by atoms with van der Waals surface area (Å²) >= 11 is 0. The quantitative estimate of drug-likeness (QED) is 0.712. The number of hydrogen-bond donors (Lipinski definition) is 1. The maximum absolute atomic E-state index is 11.9. The number of carbonyl (C=O) groups excluding carboxylic acids is 1. The first-order valence-corrected chi connectivity index (χ1v) is 4.88. The van der Waals surface area contributed by atoms with E-state index in [4.69, 9.17) is 10.5 Å². The number of rotatable bonds is 3. The van der Waals surface area contributed by atoms with Gasteiger partial charge in [0.15, 0.2) is 5.78 Å². The van der Waals surface area contributed by atoms with E-state index in [0.717, 1.165) is 0 Å². The van der Waals surface area contributed by atoms with Crippen LogP contribution in [0.2, 0.25) is 0 Å². The largest absolute Gasteiger partial charge is 0.379 e. The molecule has 0 amide bonds. The molecule has 2 N–H and O–H groups in total. The smallest absolute Gasteiger partial charge is 0.158 e. The van der Waals surface area contributed by atoms with Gasteiger partial charge in [-0.3, -0.25) is 4.79 Å². The van der Waals surface area contributed by atoms with Crippen molar-refractivity contribution in [1.29, 1.82) is 0 Å². The first-order chi connectivity index (χ1) is 5.97. The number of ketones is 1. The highest BCUT2D eigenvalue weighted by Crippen LogP contribution is 2.23. The molecule has 2 unspecified atom stereocenters. The Morgan fingerprint density at radius 1 is 1.46 bits per heavy atom. The normalized spacial score (nSPS) is 30.8. The molecule has 1 heterocycles. The number of Topliss-reactive ketones (excluding diaryl/α,β-unsaturated/α-hetero) is 1. The molecule has 3 nitrogen and oxygen atoms in total. The van der Waals surface area contributed by atoms with Gasteiger partial charge in [0.05, 0.1) is 6.61 Å². The summed E-state index contributed by atoms with van der Waals surface area (Å²) in [6.45, 7) is 7.04. The molecule has 0 radical (unpaired) electrons. The van der Waals surface area contributed by atoms with Gasteiger partial charge in [0, 0.05) is 12.5 Å². The molecule has 76 valence electrons. The maximum atomic E-state index is 11.9. The van der Waals surface area contributed by atoms with Crippen LogP contribution in [0.3, 0.4) is 0 Å². The number of nitrogens with two attached hydrogens (primary N) is 1. The minimum Gasteiger partial charge on any atom is -0.379 e. The van der Waals surface area contributed by atoms with E-state index in [-0.39, 0.29) is 11.7 Å². The Labute approximate surface area is 79.6 Å². The van der Waals surface area contributed by atoms with E-state index in [2.05, 4.69) is 0 Å². The fourth-order valence-electron chi connectivity index (χ4n) is 1.53. The van der Waals surface area contributed by atoms with Crippen LogP contribution >= 0.6 is 0 Å². The average Bonchev–Trinajstić information content (AvgIpc) is 2.50. The van der Waals surface area contributed by atoms with Crippen molar-refractivity contribution < 1.29 is 9.53 Å². The van der Waals surface area contributed by atoms with Gasteiger partial charge in [-0.1, -0.05) is 20.8 Å². The van der Waals surface area contributed by atoms with Crippen LogP contribution in [0.4, 0.5) is 0 Å². The third-order valence-corrected chi connectivity index (χ3v) is 2.96.